The molecule has 1 atom stereocenters. The van der Waals surface area contributed by atoms with E-state index in [4.69, 9.17) is 4.74 Å². The van der Waals surface area contributed by atoms with Crippen LogP contribution in [0.4, 0.5) is 0 Å². The van der Waals surface area contributed by atoms with E-state index in [1.807, 2.05) is 61.5 Å². The smallest absolute Gasteiger partial charge is 0.328 e. The number of amides is 1. The molecule has 0 saturated carbocycles. The summed E-state index contributed by atoms with van der Waals surface area (Å²) in [4.78, 5) is 29.3. The SMILES string of the molecule is CCn1c2ccccc2c2nnc(SCC(=O)N[C@H](Cc3ccccc3)C(=O)OC)nc21. The van der Waals surface area contributed by atoms with E-state index in [1.165, 1.54) is 18.9 Å². The van der Waals surface area contributed by atoms with Crippen molar-refractivity contribution in [2.24, 2.45) is 0 Å². The average Bonchev–Trinajstić information content (AvgIpc) is 3.15. The zero-order valence-electron chi connectivity index (χ0n) is 17.8. The molecule has 0 aliphatic rings. The molecule has 1 amide bonds. The molecule has 0 radical (unpaired) electrons. The van der Waals surface area contributed by atoms with Crippen LogP contribution in [-0.2, 0) is 27.3 Å². The number of rotatable bonds is 8. The molecular weight excluding hydrogens is 426 g/mol. The van der Waals surface area contributed by atoms with Gasteiger partial charge in [0.05, 0.1) is 18.4 Å². The van der Waals surface area contributed by atoms with Crippen LogP contribution < -0.4 is 5.32 Å². The number of nitrogens with zero attached hydrogens (tertiary/aromatic N) is 4. The Hall–Kier alpha value is -3.46. The first-order valence-corrected chi connectivity index (χ1v) is 11.2. The third-order valence-electron chi connectivity index (χ3n) is 5.11. The number of aromatic nitrogens is 4. The normalized spacial score (nSPS) is 12.1. The molecule has 0 fully saturated rings. The Labute approximate surface area is 189 Å². The molecule has 2 aromatic carbocycles. The highest BCUT2D eigenvalue weighted by molar-refractivity contribution is 7.99. The van der Waals surface area contributed by atoms with Gasteiger partial charge in [0.25, 0.3) is 0 Å². The van der Waals surface area contributed by atoms with Crippen molar-refractivity contribution in [2.75, 3.05) is 12.9 Å². The minimum absolute atomic E-state index is 0.0574. The number of carbonyl (C=O) groups excluding carboxylic acids is 2. The van der Waals surface area contributed by atoms with Crippen molar-refractivity contribution in [1.29, 1.82) is 0 Å². The fourth-order valence-corrected chi connectivity index (χ4v) is 4.22. The summed E-state index contributed by atoms with van der Waals surface area (Å²) in [5.74, 6) is -0.734. The number of carbonyl (C=O) groups is 2. The Morgan fingerprint density at radius 1 is 1.09 bits per heavy atom. The molecule has 1 N–H and O–H groups in total. The molecule has 0 unspecified atom stereocenters. The van der Waals surface area contributed by atoms with Crippen LogP contribution in [0.15, 0.2) is 59.8 Å². The van der Waals surface area contributed by atoms with Crippen LogP contribution in [0.2, 0.25) is 0 Å². The number of para-hydroxylation sites is 1. The first-order chi connectivity index (χ1) is 15.6. The Morgan fingerprint density at radius 3 is 2.59 bits per heavy atom. The van der Waals surface area contributed by atoms with Crippen LogP contribution in [0, 0.1) is 0 Å². The molecule has 32 heavy (non-hydrogen) atoms. The number of fused-ring (bicyclic) bond motifs is 3. The van der Waals surface area contributed by atoms with E-state index < -0.39 is 12.0 Å². The molecule has 8 nitrogen and oxygen atoms in total. The maximum Gasteiger partial charge on any atom is 0.328 e. The quantitative estimate of drug-likeness (QED) is 0.326. The van der Waals surface area contributed by atoms with Crippen molar-refractivity contribution in [1.82, 2.24) is 25.1 Å². The summed E-state index contributed by atoms with van der Waals surface area (Å²) >= 11 is 1.18. The molecule has 9 heteroatoms. The van der Waals surface area contributed by atoms with Gasteiger partial charge in [-0.15, -0.1) is 10.2 Å². The van der Waals surface area contributed by atoms with Gasteiger partial charge in [0.2, 0.25) is 11.1 Å². The van der Waals surface area contributed by atoms with E-state index in [1.54, 1.807) is 0 Å². The van der Waals surface area contributed by atoms with Crippen LogP contribution in [0.1, 0.15) is 12.5 Å². The van der Waals surface area contributed by atoms with Crippen molar-refractivity contribution in [3.8, 4) is 0 Å². The Kier molecular flexibility index (Phi) is 6.65. The van der Waals surface area contributed by atoms with E-state index in [9.17, 15) is 9.59 Å². The highest BCUT2D eigenvalue weighted by Crippen LogP contribution is 2.26. The first-order valence-electron chi connectivity index (χ1n) is 10.3. The number of esters is 1. The van der Waals surface area contributed by atoms with Crippen LogP contribution in [0.25, 0.3) is 22.1 Å². The summed E-state index contributed by atoms with van der Waals surface area (Å²) in [6.07, 6.45) is 0.352. The number of ether oxygens (including phenoxy) is 1. The van der Waals surface area contributed by atoms with Gasteiger partial charge in [0.15, 0.2) is 5.65 Å². The second kappa shape index (κ2) is 9.78. The monoisotopic (exact) mass is 449 g/mol. The first kappa shape index (κ1) is 21.8. The van der Waals surface area contributed by atoms with Crippen LogP contribution in [0.3, 0.4) is 0 Å². The zero-order valence-corrected chi connectivity index (χ0v) is 18.6. The van der Waals surface area contributed by atoms with E-state index in [0.717, 1.165) is 34.2 Å². The van der Waals surface area contributed by atoms with Gasteiger partial charge in [-0.3, -0.25) is 4.79 Å². The van der Waals surface area contributed by atoms with E-state index in [-0.39, 0.29) is 11.7 Å². The van der Waals surface area contributed by atoms with Gasteiger partial charge in [-0.2, -0.15) is 0 Å². The topological polar surface area (TPSA) is 99.0 Å². The van der Waals surface area contributed by atoms with E-state index >= 15 is 0 Å². The zero-order chi connectivity index (χ0) is 22.5. The maximum absolute atomic E-state index is 12.5. The maximum atomic E-state index is 12.5. The van der Waals surface area contributed by atoms with Crippen molar-refractivity contribution in [3.05, 3.63) is 60.2 Å². The lowest BCUT2D eigenvalue weighted by molar-refractivity contribution is -0.144. The van der Waals surface area contributed by atoms with Gasteiger partial charge in [0, 0.05) is 18.4 Å². The molecule has 2 heterocycles. The molecule has 164 valence electrons. The molecule has 4 rings (SSSR count). The fraction of sp³-hybridized carbons (Fsp3) is 0.261. The minimum Gasteiger partial charge on any atom is -0.467 e. The van der Waals surface area contributed by atoms with Crippen molar-refractivity contribution >= 4 is 45.7 Å². The number of methoxy groups -OCH3 is 1. The molecule has 4 aromatic rings. The molecule has 0 aliphatic heterocycles. The van der Waals surface area contributed by atoms with Crippen LogP contribution in [-0.4, -0.2) is 50.5 Å². The number of hydrogen-bond donors (Lipinski definition) is 1. The van der Waals surface area contributed by atoms with Crippen LogP contribution in [0.5, 0.6) is 0 Å². The number of thioether (sulfide) groups is 1. The summed E-state index contributed by atoms with van der Waals surface area (Å²) in [7, 11) is 1.31. The Morgan fingerprint density at radius 2 is 1.84 bits per heavy atom. The predicted molar refractivity (Wildman–Crippen MR) is 123 cm³/mol. The van der Waals surface area contributed by atoms with Crippen LogP contribution >= 0.6 is 11.8 Å². The summed E-state index contributed by atoms with van der Waals surface area (Å²) in [6, 6.07) is 16.7. The Balaban J connectivity index is 1.46. The number of benzene rings is 2. The molecular formula is C23H23N5O3S. The summed E-state index contributed by atoms with van der Waals surface area (Å²) in [5, 5.41) is 12.7. The fourth-order valence-electron chi connectivity index (χ4n) is 3.62. The van der Waals surface area contributed by atoms with Gasteiger partial charge in [-0.1, -0.05) is 60.3 Å². The third kappa shape index (κ3) is 4.57. The van der Waals surface area contributed by atoms with Gasteiger partial charge < -0.3 is 14.6 Å². The lowest BCUT2D eigenvalue weighted by Crippen LogP contribution is -2.43. The largest absolute Gasteiger partial charge is 0.467 e. The highest BCUT2D eigenvalue weighted by atomic mass is 32.2. The molecule has 0 bridgehead atoms. The Bertz CT molecular complexity index is 1260. The second-order valence-electron chi connectivity index (χ2n) is 7.15. The number of hydrogen-bond acceptors (Lipinski definition) is 7. The second-order valence-corrected chi connectivity index (χ2v) is 8.09. The molecule has 0 spiro atoms. The van der Waals surface area contributed by atoms with E-state index in [2.05, 4.69) is 25.1 Å². The summed E-state index contributed by atoms with van der Waals surface area (Å²) in [5.41, 5.74) is 3.46. The number of aryl methyl sites for hydroxylation is 1. The summed E-state index contributed by atoms with van der Waals surface area (Å²) in [6.45, 7) is 2.79. The minimum atomic E-state index is -0.764. The molecule has 0 aliphatic carbocycles. The van der Waals surface area contributed by atoms with Crippen molar-refractivity contribution in [3.63, 3.8) is 0 Å². The predicted octanol–water partition coefficient (Wildman–Crippen LogP) is 2.99. The lowest BCUT2D eigenvalue weighted by Gasteiger charge is -2.16. The van der Waals surface area contributed by atoms with E-state index in [0.29, 0.717) is 11.6 Å². The van der Waals surface area contributed by atoms with Crippen molar-refractivity contribution < 1.29 is 14.3 Å². The summed E-state index contributed by atoms with van der Waals surface area (Å²) < 4.78 is 6.93. The average molecular weight is 450 g/mol. The van der Waals surface area contributed by atoms with Gasteiger partial charge >= 0.3 is 5.97 Å². The highest BCUT2D eigenvalue weighted by Gasteiger charge is 2.22. The van der Waals surface area contributed by atoms with Gasteiger partial charge in [-0.25, -0.2) is 9.78 Å². The van der Waals surface area contributed by atoms with Gasteiger partial charge in [0.1, 0.15) is 11.6 Å². The number of nitrogens with one attached hydrogen (secondary N) is 1. The lowest BCUT2D eigenvalue weighted by atomic mass is 10.1. The standard InChI is InChI=1S/C23H23N5O3S/c1-3-28-18-12-8-7-11-16(18)20-21(28)25-23(27-26-20)32-14-19(29)24-17(22(30)31-2)13-15-9-5-4-6-10-15/h4-12,17H,3,13-14H2,1-2H3,(H,24,29)/t17-/m1/s1. The molecule has 0 saturated heterocycles. The van der Waals surface area contributed by atoms with Gasteiger partial charge in [-0.05, 0) is 18.6 Å². The third-order valence-corrected chi connectivity index (χ3v) is 5.94. The van der Waals surface area contributed by atoms with Crippen molar-refractivity contribution in [2.45, 2.75) is 31.1 Å². The molecule has 2 aromatic heterocycles.